The van der Waals surface area contributed by atoms with E-state index in [1.807, 2.05) is 0 Å². The van der Waals surface area contributed by atoms with E-state index in [-0.39, 0.29) is 18.4 Å². The monoisotopic (exact) mass is 251 g/mol. The Labute approximate surface area is 100 Å². The van der Waals surface area contributed by atoms with Crippen molar-refractivity contribution in [3.05, 3.63) is 46.5 Å². The Hall–Kier alpha value is -0.210. The van der Waals surface area contributed by atoms with Crippen molar-refractivity contribution in [3.8, 4) is 0 Å². The second-order valence-electron chi connectivity index (χ2n) is 2.77. The quantitative estimate of drug-likeness (QED) is 0.809. The predicted octanol–water partition coefficient (Wildman–Crippen LogP) is 3.99. The fraction of sp³-hybridized carbons (Fsp3) is 0.200. The van der Waals surface area contributed by atoms with Crippen molar-refractivity contribution in [1.29, 1.82) is 0 Å². The third-order valence-corrected chi connectivity index (χ3v) is 2.45. The van der Waals surface area contributed by atoms with Gasteiger partial charge >= 0.3 is 0 Å². The van der Waals surface area contributed by atoms with Gasteiger partial charge in [-0.1, -0.05) is 35.3 Å². The molecule has 2 N–H and O–H groups in total. The average molecular weight is 253 g/mol. The van der Waals surface area contributed by atoms with E-state index >= 15 is 0 Å². The molecule has 78 valence electrons. The molecule has 14 heavy (non-hydrogen) atoms. The van der Waals surface area contributed by atoms with Crippen LogP contribution in [-0.4, -0.2) is 0 Å². The first-order valence-electron chi connectivity index (χ1n) is 3.97. The van der Waals surface area contributed by atoms with Crippen LogP contribution >= 0.6 is 35.6 Å². The summed E-state index contributed by atoms with van der Waals surface area (Å²) in [5.41, 5.74) is 6.66. The summed E-state index contributed by atoms with van der Waals surface area (Å²) >= 11 is 11.9. The molecule has 1 nitrogen and oxygen atoms in total. The van der Waals surface area contributed by atoms with Crippen LogP contribution in [0.15, 0.2) is 30.9 Å². The van der Waals surface area contributed by atoms with Crippen molar-refractivity contribution in [2.45, 2.75) is 12.5 Å². The number of rotatable bonds is 3. The van der Waals surface area contributed by atoms with Crippen LogP contribution in [0.25, 0.3) is 0 Å². The fourth-order valence-corrected chi connectivity index (χ4v) is 1.84. The highest BCUT2D eigenvalue weighted by Gasteiger charge is 2.11. The van der Waals surface area contributed by atoms with Gasteiger partial charge in [-0.3, -0.25) is 0 Å². The summed E-state index contributed by atoms with van der Waals surface area (Å²) in [5.74, 6) is 0. The minimum atomic E-state index is -0.168. The van der Waals surface area contributed by atoms with Crippen LogP contribution in [0, 0.1) is 0 Å². The molecule has 0 radical (unpaired) electrons. The second-order valence-corrected chi connectivity index (χ2v) is 3.58. The SMILES string of the molecule is C=CC[C@@H](N)c1c(Cl)cccc1Cl.Cl. The highest BCUT2D eigenvalue weighted by molar-refractivity contribution is 6.36. The summed E-state index contributed by atoms with van der Waals surface area (Å²) in [5, 5.41) is 1.23. The lowest BCUT2D eigenvalue weighted by Gasteiger charge is -2.12. The van der Waals surface area contributed by atoms with Gasteiger partial charge in [0, 0.05) is 21.7 Å². The smallest absolute Gasteiger partial charge is 0.0468 e. The first-order valence-corrected chi connectivity index (χ1v) is 4.72. The van der Waals surface area contributed by atoms with Gasteiger partial charge in [-0.25, -0.2) is 0 Å². The average Bonchev–Trinajstić information content (AvgIpc) is 2.04. The zero-order valence-corrected chi connectivity index (χ0v) is 9.87. The van der Waals surface area contributed by atoms with Gasteiger partial charge in [-0.05, 0) is 18.6 Å². The summed E-state index contributed by atoms with van der Waals surface area (Å²) in [7, 11) is 0. The zero-order chi connectivity index (χ0) is 9.84. The number of halogens is 3. The van der Waals surface area contributed by atoms with Gasteiger partial charge in [0.2, 0.25) is 0 Å². The van der Waals surface area contributed by atoms with Crippen LogP contribution < -0.4 is 5.73 Å². The molecular formula is C10H12Cl3N. The summed E-state index contributed by atoms with van der Waals surface area (Å²) < 4.78 is 0. The predicted molar refractivity (Wildman–Crippen MR) is 65.5 cm³/mol. The van der Waals surface area contributed by atoms with E-state index in [1.54, 1.807) is 24.3 Å². The minimum absolute atomic E-state index is 0. The third-order valence-electron chi connectivity index (χ3n) is 1.79. The molecule has 0 unspecified atom stereocenters. The summed E-state index contributed by atoms with van der Waals surface area (Å²) in [6, 6.07) is 5.20. The molecule has 0 spiro atoms. The molecule has 0 aliphatic carbocycles. The molecular weight excluding hydrogens is 240 g/mol. The number of hydrogen-bond acceptors (Lipinski definition) is 1. The lowest BCUT2D eigenvalue weighted by molar-refractivity contribution is 0.742. The molecule has 0 aromatic heterocycles. The fourth-order valence-electron chi connectivity index (χ4n) is 1.16. The Morgan fingerprint density at radius 2 is 1.86 bits per heavy atom. The third kappa shape index (κ3) is 3.18. The molecule has 0 bridgehead atoms. The van der Waals surface area contributed by atoms with Crippen LogP contribution in [0.5, 0.6) is 0 Å². The van der Waals surface area contributed by atoms with Gasteiger partial charge in [0.05, 0.1) is 0 Å². The molecule has 1 aromatic rings. The van der Waals surface area contributed by atoms with Crippen molar-refractivity contribution < 1.29 is 0 Å². The normalized spacial score (nSPS) is 11.6. The molecule has 1 aromatic carbocycles. The van der Waals surface area contributed by atoms with Crippen LogP contribution in [0.2, 0.25) is 10.0 Å². The van der Waals surface area contributed by atoms with Gasteiger partial charge < -0.3 is 5.73 Å². The Morgan fingerprint density at radius 3 is 2.29 bits per heavy atom. The zero-order valence-electron chi connectivity index (χ0n) is 7.54. The van der Waals surface area contributed by atoms with Crippen molar-refractivity contribution >= 4 is 35.6 Å². The minimum Gasteiger partial charge on any atom is -0.324 e. The molecule has 0 saturated heterocycles. The maximum absolute atomic E-state index is 5.96. The maximum Gasteiger partial charge on any atom is 0.0468 e. The van der Waals surface area contributed by atoms with E-state index in [2.05, 4.69) is 6.58 Å². The molecule has 0 aliphatic heterocycles. The standard InChI is InChI=1S/C10H11Cl2N.ClH/c1-2-4-9(13)10-7(11)5-3-6-8(10)12;/h2-3,5-6,9H,1,4,13H2;1H/t9-;/m1./s1. The lowest BCUT2D eigenvalue weighted by atomic mass is 10.0. The van der Waals surface area contributed by atoms with Gasteiger partial charge in [0.25, 0.3) is 0 Å². The van der Waals surface area contributed by atoms with Gasteiger partial charge in [-0.2, -0.15) is 0 Å². The molecule has 0 aliphatic rings. The summed E-state index contributed by atoms with van der Waals surface area (Å²) in [6.45, 7) is 3.62. The molecule has 4 heteroatoms. The van der Waals surface area contributed by atoms with Crippen molar-refractivity contribution in [3.63, 3.8) is 0 Å². The molecule has 1 atom stereocenters. The van der Waals surface area contributed by atoms with Crippen LogP contribution in [-0.2, 0) is 0 Å². The van der Waals surface area contributed by atoms with Crippen molar-refractivity contribution in [2.75, 3.05) is 0 Å². The number of nitrogens with two attached hydrogens (primary N) is 1. The first kappa shape index (κ1) is 13.8. The summed E-state index contributed by atoms with van der Waals surface area (Å²) in [6.07, 6.45) is 2.42. The van der Waals surface area contributed by atoms with E-state index in [9.17, 15) is 0 Å². The number of hydrogen-bond donors (Lipinski definition) is 1. The Morgan fingerprint density at radius 1 is 1.36 bits per heavy atom. The highest BCUT2D eigenvalue weighted by Crippen LogP contribution is 2.30. The van der Waals surface area contributed by atoms with Crippen LogP contribution in [0.1, 0.15) is 18.0 Å². The lowest BCUT2D eigenvalue weighted by Crippen LogP contribution is -2.10. The van der Waals surface area contributed by atoms with Gasteiger partial charge in [-0.15, -0.1) is 19.0 Å². The summed E-state index contributed by atoms with van der Waals surface area (Å²) in [4.78, 5) is 0. The second kappa shape index (κ2) is 6.31. The Balaban J connectivity index is 0.00000169. The largest absolute Gasteiger partial charge is 0.324 e. The molecule has 0 saturated carbocycles. The Bertz CT molecular complexity index is 292. The highest BCUT2D eigenvalue weighted by atomic mass is 35.5. The van der Waals surface area contributed by atoms with Crippen molar-refractivity contribution in [2.24, 2.45) is 5.73 Å². The van der Waals surface area contributed by atoms with E-state index < -0.39 is 0 Å². The first-order chi connectivity index (χ1) is 6.16. The Kier molecular flexibility index (Phi) is 6.21. The van der Waals surface area contributed by atoms with E-state index in [0.717, 1.165) is 5.56 Å². The van der Waals surface area contributed by atoms with Crippen LogP contribution in [0.3, 0.4) is 0 Å². The van der Waals surface area contributed by atoms with E-state index in [4.69, 9.17) is 28.9 Å². The van der Waals surface area contributed by atoms with Gasteiger partial charge in [0.1, 0.15) is 0 Å². The van der Waals surface area contributed by atoms with Gasteiger partial charge in [0.15, 0.2) is 0 Å². The maximum atomic E-state index is 5.96. The van der Waals surface area contributed by atoms with E-state index in [0.29, 0.717) is 16.5 Å². The topological polar surface area (TPSA) is 26.0 Å². The molecule has 1 rings (SSSR count). The van der Waals surface area contributed by atoms with Crippen molar-refractivity contribution in [1.82, 2.24) is 0 Å². The molecule has 0 amide bonds. The van der Waals surface area contributed by atoms with Crippen LogP contribution in [0.4, 0.5) is 0 Å². The molecule has 0 heterocycles. The number of benzene rings is 1. The molecule has 0 fully saturated rings. The van der Waals surface area contributed by atoms with E-state index in [1.165, 1.54) is 0 Å².